The van der Waals surface area contributed by atoms with Crippen LogP contribution in [-0.2, 0) is 18.4 Å². The predicted octanol–water partition coefficient (Wildman–Crippen LogP) is 1.19. The fourth-order valence-electron chi connectivity index (χ4n) is 2.61. The van der Waals surface area contributed by atoms with Gasteiger partial charge in [-0.1, -0.05) is 26.0 Å². The van der Waals surface area contributed by atoms with Crippen molar-refractivity contribution >= 4 is 22.8 Å². The number of nitrogens with one attached hydrogen (secondary N) is 2. The number of aryl methyl sites for hydroxylation is 1. The third kappa shape index (κ3) is 3.23. The van der Waals surface area contributed by atoms with Crippen LogP contribution in [0.5, 0.6) is 0 Å². The summed E-state index contributed by atoms with van der Waals surface area (Å²) in [6.07, 6.45) is 1.38. The van der Waals surface area contributed by atoms with Gasteiger partial charge in [0, 0.05) is 12.7 Å². The van der Waals surface area contributed by atoms with E-state index in [0.717, 1.165) is 0 Å². The highest BCUT2D eigenvalue weighted by Gasteiger charge is 2.14. The summed E-state index contributed by atoms with van der Waals surface area (Å²) in [5, 5.41) is 2.79. The maximum atomic E-state index is 12.3. The Hall–Kier alpha value is -3.16. The number of aromatic nitrogens is 4. The lowest BCUT2D eigenvalue weighted by Gasteiger charge is -2.09. The van der Waals surface area contributed by atoms with Crippen LogP contribution in [0, 0.1) is 0 Å². The number of nitrogens with zero attached hydrogens (tertiary/aromatic N) is 3. The highest BCUT2D eigenvalue weighted by molar-refractivity contribution is 5.91. The molecule has 130 valence electrons. The van der Waals surface area contributed by atoms with Gasteiger partial charge in [0.1, 0.15) is 6.54 Å². The van der Waals surface area contributed by atoms with Crippen molar-refractivity contribution in [1.82, 2.24) is 19.1 Å². The Morgan fingerprint density at radius 3 is 2.56 bits per heavy atom. The molecule has 0 aliphatic carbocycles. The van der Waals surface area contributed by atoms with Gasteiger partial charge < -0.3 is 9.88 Å². The van der Waals surface area contributed by atoms with Gasteiger partial charge in [-0.2, -0.15) is 0 Å². The second-order valence-electron chi connectivity index (χ2n) is 6.19. The van der Waals surface area contributed by atoms with E-state index in [9.17, 15) is 14.4 Å². The van der Waals surface area contributed by atoms with Crippen LogP contribution in [0.15, 0.2) is 40.2 Å². The average Bonchev–Trinajstić information content (AvgIpc) is 2.97. The van der Waals surface area contributed by atoms with Gasteiger partial charge in [-0.3, -0.25) is 19.1 Å². The minimum absolute atomic E-state index is 0.0796. The van der Waals surface area contributed by atoms with Crippen LogP contribution in [0.4, 0.5) is 5.69 Å². The highest BCUT2D eigenvalue weighted by atomic mass is 16.2. The first kappa shape index (κ1) is 16.7. The number of aromatic amines is 1. The van der Waals surface area contributed by atoms with Crippen LogP contribution in [0.25, 0.3) is 11.2 Å². The number of H-pyrrole nitrogens is 1. The smallest absolute Gasteiger partial charge is 0.325 e. The van der Waals surface area contributed by atoms with Crippen LogP contribution >= 0.6 is 0 Å². The molecule has 0 bridgehead atoms. The largest absolute Gasteiger partial charge is 0.329 e. The molecule has 2 N–H and O–H groups in total. The summed E-state index contributed by atoms with van der Waals surface area (Å²) >= 11 is 0. The standard InChI is InChI=1S/C17H19N5O3/c1-10(2)11-4-6-12(7-5-11)19-13(23)8-22-9-18-15-14(22)16(24)20-17(25)21(15)3/h4-7,9-10H,8H2,1-3H3,(H,19,23)(H,20,24,25). The van der Waals surface area contributed by atoms with Crippen LogP contribution in [0.3, 0.4) is 0 Å². The van der Waals surface area contributed by atoms with Crippen LogP contribution in [-0.4, -0.2) is 25.0 Å². The molecule has 3 rings (SSSR count). The second-order valence-corrected chi connectivity index (χ2v) is 6.19. The van der Waals surface area contributed by atoms with Crippen LogP contribution < -0.4 is 16.6 Å². The first-order valence-corrected chi connectivity index (χ1v) is 7.90. The summed E-state index contributed by atoms with van der Waals surface area (Å²) in [6.45, 7) is 4.12. The zero-order valence-electron chi connectivity index (χ0n) is 14.2. The first-order chi connectivity index (χ1) is 11.9. The van der Waals surface area contributed by atoms with Crippen molar-refractivity contribution in [3.63, 3.8) is 0 Å². The van der Waals surface area contributed by atoms with Crippen molar-refractivity contribution in [3.05, 3.63) is 57.0 Å². The minimum Gasteiger partial charge on any atom is -0.325 e. The Morgan fingerprint density at radius 2 is 1.92 bits per heavy atom. The second kappa shape index (κ2) is 6.39. The number of carbonyl (C=O) groups is 1. The lowest BCUT2D eigenvalue weighted by molar-refractivity contribution is -0.116. The zero-order chi connectivity index (χ0) is 18.1. The zero-order valence-corrected chi connectivity index (χ0v) is 14.2. The number of anilines is 1. The van der Waals surface area contributed by atoms with Gasteiger partial charge >= 0.3 is 5.69 Å². The molecule has 2 aromatic heterocycles. The number of hydrogen-bond donors (Lipinski definition) is 2. The lowest BCUT2D eigenvalue weighted by atomic mass is 10.0. The molecule has 0 spiro atoms. The number of imidazole rings is 1. The topological polar surface area (TPSA) is 102 Å². The van der Waals surface area contributed by atoms with Gasteiger partial charge in [0.25, 0.3) is 5.56 Å². The summed E-state index contributed by atoms with van der Waals surface area (Å²) in [4.78, 5) is 42.1. The molecule has 0 unspecified atom stereocenters. The molecule has 0 saturated heterocycles. The highest BCUT2D eigenvalue weighted by Crippen LogP contribution is 2.17. The molecule has 0 aliphatic heterocycles. The van der Waals surface area contributed by atoms with Crippen molar-refractivity contribution in [1.29, 1.82) is 0 Å². The molecule has 0 saturated carbocycles. The van der Waals surface area contributed by atoms with Crippen molar-refractivity contribution in [2.75, 3.05) is 5.32 Å². The molecule has 8 heteroatoms. The Balaban J connectivity index is 1.82. The number of amides is 1. The van der Waals surface area contributed by atoms with Crippen LogP contribution in [0.2, 0.25) is 0 Å². The van der Waals surface area contributed by atoms with Crippen molar-refractivity contribution in [2.45, 2.75) is 26.3 Å². The maximum Gasteiger partial charge on any atom is 0.329 e. The van der Waals surface area contributed by atoms with E-state index >= 15 is 0 Å². The minimum atomic E-state index is -0.565. The fourth-order valence-corrected chi connectivity index (χ4v) is 2.61. The lowest BCUT2D eigenvalue weighted by Crippen LogP contribution is -2.30. The van der Waals surface area contributed by atoms with E-state index in [-0.39, 0.29) is 23.6 Å². The molecular formula is C17H19N5O3. The van der Waals surface area contributed by atoms with Gasteiger partial charge in [-0.05, 0) is 23.6 Å². The molecule has 0 fully saturated rings. The van der Waals surface area contributed by atoms with E-state index in [1.807, 2.05) is 24.3 Å². The SMILES string of the molecule is CC(C)c1ccc(NC(=O)Cn2cnc3c2c(=O)[nH]c(=O)n3C)cc1. The third-order valence-electron chi connectivity index (χ3n) is 4.05. The van der Waals surface area contributed by atoms with Gasteiger partial charge in [0.15, 0.2) is 11.2 Å². The molecular weight excluding hydrogens is 322 g/mol. The number of fused-ring (bicyclic) bond motifs is 1. The van der Waals surface area contributed by atoms with Crippen LogP contribution in [0.1, 0.15) is 25.3 Å². The van der Waals surface area contributed by atoms with Crippen molar-refractivity contribution < 1.29 is 4.79 Å². The molecule has 1 amide bonds. The average molecular weight is 341 g/mol. The molecule has 8 nitrogen and oxygen atoms in total. The van der Waals surface area contributed by atoms with E-state index in [1.165, 1.54) is 28.1 Å². The summed E-state index contributed by atoms with van der Waals surface area (Å²) in [5.74, 6) is 0.130. The monoisotopic (exact) mass is 341 g/mol. The van der Waals surface area contributed by atoms with E-state index in [1.54, 1.807) is 0 Å². The Labute approximate surface area is 143 Å². The molecule has 25 heavy (non-hydrogen) atoms. The van der Waals surface area contributed by atoms with Gasteiger partial charge in [-0.15, -0.1) is 0 Å². The fraction of sp³-hybridized carbons (Fsp3) is 0.294. The summed E-state index contributed by atoms with van der Waals surface area (Å²) in [6, 6.07) is 7.62. The number of rotatable bonds is 4. The predicted molar refractivity (Wildman–Crippen MR) is 94.8 cm³/mol. The van der Waals surface area contributed by atoms with E-state index in [0.29, 0.717) is 11.6 Å². The first-order valence-electron chi connectivity index (χ1n) is 7.90. The maximum absolute atomic E-state index is 12.3. The number of benzene rings is 1. The van der Waals surface area contributed by atoms with Gasteiger partial charge in [-0.25, -0.2) is 9.78 Å². The molecule has 0 aliphatic rings. The van der Waals surface area contributed by atoms with Crippen molar-refractivity contribution in [3.8, 4) is 0 Å². The molecule has 1 aromatic carbocycles. The summed E-state index contributed by atoms with van der Waals surface area (Å²) in [7, 11) is 1.51. The Morgan fingerprint density at radius 1 is 1.24 bits per heavy atom. The normalized spacial score (nSPS) is 11.2. The van der Waals surface area contributed by atoms with E-state index in [4.69, 9.17) is 0 Å². The summed E-state index contributed by atoms with van der Waals surface area (Å²) in [5.41, 5.74) is 1.18. The van der Waals surface area contributed by atoms with E-state index < -0.39 is 11.2 Å². The van der Waals surface area contributed by atoms with Crippen molar-refractivity contribution in [2.24, 2.45) is 7.05 Å². The molecule has 2 heterocycles. The number of carbonyl (C=O) groups excluding carboxylic acids is 1. The third-order valence-corrected chi connectivity index (χ3v) is 4.05. The Kier molecular flexibility index (Phi) is 4.26. The Bertz CT molecular complexity index is 1040. The van der Waals surface area contributed by atoms with E-state index in [2.05, 4.69) is 29.1 Å². The summed E-state index contributed by atoms with van der Waals surface area (Å²) < 4.78 is 2.65. The van der Waals surface area contributed by atoms with Gasteiger partial charge in [0.05, 0.1) is 6.33 Å². The molecule has 0 atom stereocenters. The quantitative estimate of drug-likeness (QED) is 0.744. The van der Waals surface area contributed by atoms with Gasteiger partial charge in [0.2, 0.25) is 5.91 Å². The number of hydrogen-bond acceptors (Lipinski definition) is 4. The molecule has 0 radical (unpaired) electrons. The molecule has 3 aromatic rings.